The Bertz CT molecular complexity index is 826. The molecule has 0 aliphatic carbocycles. The molecule has 0 radical (unpaired) electrons. The summed E-state index contributed by atoms with van der Waals surface area (Å²) in [6, 6.07) is 9.52. The molecule has 0 saturated heterocycles. The molecule has 1 aromatic carbocycles. The predicted octanol–water partition coefficient (Wildman–Crippen LogP) is 2.66. The Hall–Kier alpha value is -3.02. The summed E-state index contributed by atoms with van der Waals surface area (Å²) in [5.74, 6) is 0.923. The molecule has 0 atom stereocenters. The molecule has 6 nitrogen and oxygen atoms in total. The number of anilines is 1. The first-order valence-electron chi connectivity index (χ1n) is 7.31. The van der Waals surface area contributed by atoms with Crippen molar-refractivity contribution < 1.29 is 4.79 Å². The van der Waals surface area contributed by atoms with Crippen LogP contribution in [0.1, 0.15) is 17.0 Å². The first-order chi connectivity index (χ1) is 11.1. The van der Waals surface area contributed by atoms with Gasteiger partial charge >= 0.3 is 0 Å². The number of aryl methyl sites for hydroxylation is 1. The van der Waals surface area contributed by atoms with Gasteiger partial charge in [0.1, 0.15) is 5.82 Å². The fourth-order valence-electron chi connectivity index (χ4n) is 2.23. The van der Waals surface area contributed by atoms with E-state index in [1.54, 1.807) is 12.4 Å². The van der Waals surface area contributed by atoms with Gasteiger partial charge in [-0.1, -0.05) is 12.1 Å². The molecule has 6 heteroatoms. The predicted molar refractivity (Wildman–Crippen MR) is 87.9 cm³/mol. The van der Waals surface area contributed by atoms with Gasteiger partial charge in [-0.3, -0.25) is 14.9 Å². The van der Waals surface area contributed by atoms with Crippen molar-refractivity contribution in [3.05, 3.63) is 59.7 Å². The molecule has 0 bridgehead atoms. The Morgan fingerprint density at radius 3 is 2.87 bits per heavy atom. The highest BCUT2D eigenvalue weighted by Gasteiger charge is 2.11. The first-order valence-corrected chi connectivity index (χ1v) is 7.31. The molecular weight excluding hydrogens is 290 g/mol. The van der Waals surface area contributed by atoms with Gasteiger partial charge in [0.15, 0.2) is 5.82 Å². The van der Waals surface area contributed by atoms with Crippen LogP contribution in [0.15, 0.2) is 42.7 Å². The number of aromatic nitrogens is 4. The van der Waals surface area contributed by atoms with Crippen molar-refractivity contribution in [2.24, 2.45) is 0 Å². The van der Waals surface area contributed by atoms with Crippen LogP contribution in [0.5, 0.6) is 0 Å². The van der Waals surface area contributed by atoms with Gasteiger partial charge < -0.3 is 5.32 Å². The molecular formula is C17H17N5O. The van der Waals surface area contributed by atoms with Crippen LogP contribution in [-0.4, -0.2) is 26.1 Å². The lowest BCUT2D eigenvalue weighted by atomic mass is 10.1. The van der Waals surface area contributed by atoms with Crippen molar-refractivity contribution in [1.29, 1.82) is 0 Å². The Balaban J connectivity index is 1.69. The molecule has 0 spiro atoms. The van der Waals surface area contributed by atoms with Crippen LogP contribution in [0.4, 0.5) is 5.69 Å². The third-order valence-electron chi connectivity index (χ3n) is 3.66. The van der Waals surface area contributed by atoms with Gasteiger partial charge in [0, 0.05) is 23.6 Å². The van der Waals surface area contributed by atoms with Crippen LogP contribution in [0.25, 0.3) is 11.4 Å². The molecule has 2 aromatic heterocycles. The summed E-state index contributed by atoms with van der Waals surface area (Å²) in [5, 5.41) is 9.83. The number of nitrogens with one attached hydrogen (secondary N) is 2. The molecule has 3 aromatic rings. The Morgan fingerprint density at radius 2 is 2.09 bits per heavy atom. The van der Waals surface area contributed by atoms with Crippen LogP contribution in [0, 0.1) is 13.8 Å². The second-order valence-corrected chi connectivity index (χ2v) is 5.32. The van der Waals surface area contributed by atoms with Gasteiger partial charge in [-0.2, -0.15) is 5.10 Å². The van der Waals surface area contributed by atoms with E-state index in [0.717, 1.165) is 22.4 Å². The molecule has 1 amide bonds. The SMILES string of the molecule is Cc1cccc(NC(=O)Cc2nc(-c3cccnc3)n[nH]2)c1C. The quantitative estimate of drug-likeness (QED) is 0.776. The van der Waals surface area contributed by atoms with Gasteiger partial charge in [-0.25, -0.2) is 4.98 Å². The number of hydrogen-bond acceptors (Lipinski definition) is 4. The standard InChI is InChI=1S/C17H17N5O/c1-11-5-3-7-14(12(11)2)19-16(23)9-15-20-17(22-21-15)13-6-4-8-18-10-13/h3-8,10H,9H2,1-2H3,(H,19,23)(H,20,21,22). The minimum Gasteiger partial charge on any atom is -0.325 e. The molecule has 23 heavy (non-hydrogen) atoms. The molecule has 2 N–H and O–H groups in total. The summed E-state index contributed by atoms with van der Waals surface area (Å²) >= 11 is 0. The molecule has 116 valence electrons. The van der Waals surface area contributed by atoms with E-state index in [-0.39, 0.29) is 12.3 Å². The van der Waals surface area contributed by atoms with E-state index < -0.39 is 0 Å². The zero-order valence-electron chi connectivity index (χ0n) is 13.0. The normalized spacial score (nSPS) is 10.5. The fraction of sp³-hybridized carbons (Fsp3) is 0.176. The molecule has 2 heterocycles. The van der Waals surface area contributed by atoms with Crippen molar-refractivity contribution in [3.8, 4) is 11.4 Å². The smallest absolute Gasteiger partial charge is 0.232 e. The largest absolute Gasteiger partial charge is 0.325 e. The number of H-pyrrole nitrogens is 1. The lowest BCUT2D eigenvalue weighted by Crippen LogP contribution is -2.16. The number of rotatable bonds is 4. The summed E-state index contributed by atoms with van der Waals surface area (Å²) in [6.45, 7) is 4.00. The van der Waals surface area contributed by atoms with Gasteiger partial charge in [-0.05, 0) is 43.2 Å². The average Bonchev–Trinajstić information content (AvgIpc) is 3.01. The van der Waals surface area contributed by atoms with E-state index in [0.29, 0.717) is 11.6 Å². The summed E-state index contributed by atoms with van der Waals surface area (Å²) < 4.78 is 0. The lowest BCUT2D eigenvalue weighted by molar-refractivity contribution is -0.115. The number of pyridine rings is 1. The molecule has 0 saturated carbocycles. The minimum absolute atomic E-state index is 0.132. The Morgan fingerprint density at radius 1 is 1.22 bits per heavy atom. The lowest BCUT2D eigenvalue weighted by Gasteiger charge is -2.09. The van der Waals surface area contributed by atoms with Gasteiger partial charge in [0.25, 0.3) is 0 Å². The van der Waals surface area contributed by atoms with E-state index in [1.807, 2.05) is 44.2 Å². The number of nitrogens with zero attached hydrogens (tertiary/aromatic N) is 3. The van der Waals surface area contributed by atoms with Crippen LogP contribution in [-0.2, 0) is 11.2 Å². The maximum Gasteiger partial charge on any atom is 0.232 e. The average molecular weight is 307 g/mol. The summed E-state index contributed by atoms with van der Waals surface area (Å²) in [4.78, 5) is 20.5. The summed E-state index contributed by atoms with van der Waals surface area (Å²) in [7, 11) is 0. The van der Waals surface area contributed by atoms with Crippen molar-refractivity contribution in [2.45, 2.75) is 20.3 Å². The second kappa shape index (κ2) is 6.39. The number of amides is 1. The van der Waals surface area contributed by atoms with Gasteiger partial charge in [0.05, 0.1) is 6.42 Å². The molecule has 0 fully saturated rings. The van der Waals surface area contributed by atoms with Gasteiger partial charge in [0.2, 0.25) is 5.91 Å². The van der Waals surface area contributed by atoms with E-state index in [4.69, 9.17) is 0 Å². The van der Waals surface area contributed by atoms with Gasteiger partial charge in [-0.15, -0.1) is 0 Å². The summed E-state index contributed by atoms with van der Waals surface area (Å²) in [5.41, 5.74) is 3.84. The minimum atomic E-state index is -0.132. The highest BCUT2D eigenvalue weighted by atomic mass is 16.1. The van der Waals surface area contributed by atoms with E-state index in [9.17, 15) is 4.79 Å². The third-order valence-corrected chi connectivity index (χ3v) is 3.66. The van der Waals surface area contributed by atoms with E-state index in [1.165, 1.54) is 0 Å². The maximum atomic E-state index is 12.2. The molecule has 3 rings (SSSR count). The zero-order valence-corrected chi connectivity index (χ0v) is 13.0. The fourth-order valence-corrected chi connectivity index (χ4v) is 2.23. The topological polar surface area (TPSA) is 83.6 Å². The highest BCUT2D eigenvalue weighted by molar-refractivity contribution is 5.92. The third kappa shape index (κ3) is 3.42. The maximum absolute atomic E-state index is 12.2. The van der Waals surface area contributed by atoms with Crippen LogP contribution >= 0.6 is 0 Å². The molecule has 0 unspecified atom stereocenters. The van der Waals surface area contributed by atoms with E-state index in [2.05, 4.69) is 25.5 Å². The van der Waals surface area contributed by atoms with Crippen LogP contribution in [0.2, 0.25) is 0 Å². The monoisotopic (exact) mass is 307 g/mol. The Labute approximate surface area is 134 Å². The zero-order chi connectivity index (χ0) is 16.2. The number of aromatic amines is 1. The van der Waals surface area contributed by atoms with Crippen molar-refractivity contribution in [2.75, 3.05) is 5.32 Å². The molecule has 0 aliphatic rings. The molecule has 0 aliphatic heterocycles. The van der Waals surface area contributed by atoms with Crippen molar-refractivity contribution >= 4 is 11.6 Å². The van der Waals surface area contributed by atoms with Crippen molar-refractivity contribution in [1.82, 2.24) is 20.2 Å². The number of benzene rings is 1. The number of carbonyl (C=O) groups is 1. The van der Waals surface area contributed by atoms with Crippen molar-refractivity contribution in [3.63, 3.8) is 0 Å². The number of hydrogen-bond donors (Lipinski definition) is 2. The second-order valence-electron chi connectivity index (χ2n) is 5.32. The Kier molecular flexibility index (Phi) is 4.14. The summed E-state index contributed by atoms with van der Waals surface area (Å²) in [6.07, 6.45) is 3.51. The van der Waals surface area contributed by atoms with Crippen LogP contribution < -0.4 is 5.32 Å². The van der Waals surface area contributed by atoms with E-state index >= 15 is 0 Å². The first kappa shape index (κ1) is 14.9. The number of carbonyl (C=O) groups excluding carboxylic acids is 1. The van der Waals surface area contributed by atoms with Crippen LogP contribution in [0.3, 0.4) is 0 Å². The highest BCUT2D eigenvalue weighted by Crippen LogP contribution is 2.18.